The van der Waals surface area contributed by atoms with Crippen molar-refractivity contribution in [2.45, 2.75) is 39.8 Å². The number of aliphatic imine (C=N–C) groups is 1. The predicted molar refractivity (Wildman–Crippen MR) is 41.7 cm³/mol. The summed E-state index contributed by atoms with van der Waals surface area (Å²) in [5.41, 5.74) is 6.66. The van der Waals surface area contributed by atoms with E-state index in [4.69, 9.17) is 5.73 Å². The van der Waals surface area contributed by atoms with Gasteiger partial charge >= 0.3 is 0 Å². The molecule has 0 heterocycles. The molecule has 0 aliphatic rings. The Morgan fingerprint density at radius 1 is 1.56 bits per heavy atom. The van der Waals surface area contributed by atoms with Crippen LogP contribution in [0.4, 0.5) is 0 Å². The molecule has 0 radical (unpaired) electrons. The van der Waals surface area contributed by atoms with Crippen molar-refractivity contribution in [3.8, 4) is 0 Å². The first-order chi connectivity index (χ1) is 4.16. The van der Waals surface area contributed by atoms with Crippen LogP contribution in [0.1, 0.15) is 33.6 Å². The van der Waals surface area contributed by atoms with Crippen molar-refractivity contribution in [2.75, 3.05) is 0 Å². The van der Waals surface area contributed by atoms with Crippen LogP contribution in [-0.2, 0) is 0 Å². The summed E-state index contributed by atoms with van der Waals surface area (Å²) in [6.07, 6.45) is 2.13. The molecule has 1 unspecified atom stereocenters. The van der Waals surface area contributed by atoms with Gasteiger partial charge < -0.3 is 5.73 Å². The Bertz CT molecular complexity index is 93.1. The molecule has 2 heteroatoms. The van der Waals surface area contributed by atoms with Crippen molar-refractivity contribution < 1.29 is 0 Å². The van der Waals surface area contributed by atoms with E-state index in [1.54, 1.807) is 0 Å². The predicted octanol–water partition coefficient (Wildman–Crippen LogP) is 1.55. The summed E-state index contributed by atoms with van der Waals surface area (Å²) >= 11 is 0. The molecular formula is C7H16N2. The lowest BCUT2D eigenvalue weighted by molar-refractivity contribution is 0.629. The van der Waals surface area contributed by atoms with Crippen molar-refractivity contribution in [1.82, 2.24) is 0 Å². The van der Waals surface area contributed by atoms with Gasteiger partial charge in [-0.05, 0) is 20.3 Å². The number of rotatable bonds is 3. The molecule has 2 N–H and O–H groups in total. The van der Waals surface area contributed by atoms with E-state index in [2.05, 4.69) is 11.9 Å². The highest BCUT2D eigenvalue weighted by atomic mass is 14.9. The van der Waals surface area contributed by atoms with E-state index in [1.807, 2.05) is 13.8 Å². The maximum absolute atomic E-state index is 5.60. The van der Waals surface area contributed by atoms with Crippen molar-refractivity contribution >= 4 is 5.71 Å². The number of nitrogens with two attached hydrogens (primary N) is 1. The van der Waals surface area contributed by atoms with E-state index in [1.165, 1.54) is 0 Å². The summed E-state index contributed by atoms with van der Waals surface area (Å²) in [6, 6.07) is 0. The highest BCUT2D eigenvalue weighted by molar-refractivity contribution is 5.79. The van der Waals surface area contributed by atoms with Crippen LogP contribution >= 0.6 is 0 Å². The second-order valence-electron chi connectivity index (χ2n) is 2.43. The van der Waals surface area contributed by atoms with Crippen molar-refractivity contribution in [3.63, 3.8) is 0 Å². The molecule has 0 aliphatic carbocycles. The zero-order chi connectivity index (χ0) is 7.28. The largest absolute Gasteiger partial charge is 0.310 e. The van der Waals surface area contributed by atoms with Gasteiger partial charge in [0.1, 0.15) is 0 Å². The molecule has 0 rings (SSSR count). The minimum absolute atomic E-state index is 0.0278. The molecular weight excluding hydrogens is 112 g/mol. The Hall–Kier alpha value is -0.370. The van der Waals surface area contributed by atoms with Crippen LogP contribution in [0, 0.1) is 0 Å². The normalized spacial score (nSPS) is 12.9. The third-order valence-corrected chi connectivity index (χ3v) is 1.01. The molecule has 0 bridgehead atoms. The Labute approximate surface area is 57.2 Å². The maximum atomic E-state index is 5.60. The van der Waals surface area contributed by atoms with Gasteiger partial charge in [-0.25, -0.2) is 0 Å². The minimum Gasteiger partial charge on any atom is -0.310 e. The van der Waals surface area contributed by atoms with Crippen molar-refractivity contribution in [3.05, 3.63) is 0 Å². The maximum Gasteiger partial charge on any atom is 0.0968 e. The second-order valence-corrected chi connectivity index (χ2v) is 2.43. The fraction of sp³-hybridized carbons (Fsp3) is 0.857. The molecule has 0 saturated carbocycles. The number of nitrogens with zero attached hydrogens (tertiary/aromatic N) is 1. The minimum atomic E-state index is 0.0278. The molecule has 9 heavy (non-hydrogen) atoms. The summed E-state index contributed by atoms with van der Waals surface area (Å²) in [6.45, 7) is 6.05. The molecule has 0 fully saturated rings. The summed E-state index contributed by atoms with van der Waals surface area (Å²) in [4.78, 5) is 4.16. The Morgan fingerprint density at radius 2 is 2.11 bits per heavy atom. The molecule has 0 amide bonds. The van der Waals surface area contributed by atoms with E-state index in [0.717, 1.165) is 18.6 Å². The van der Waals surface area contributed by atoms with E-state index >= 15 is 0 Å². The van der Waals surface area contributed by atoms with Gasteiger partial charge in [0.15, 0.2) is 0 Å². The Kier molecular flexibility index (Phi) is 4.32. The molecule has 2 nitrogen and oxygen atoms in total. The van der Waals surface area contributed by atoms with Gasteiger partial charge in [0, 0.05) is 5.71 Å². The van der Waals surface area contributed by atoms with Gasteiger partial charge in [-0.15, -0.1) is 0 Å². The third kappa shape index (κ3) is 5.50. The molecule has 0 saturated heterocycles. The Balaban J connectivity index is 3.49. The molecule has 54 valence electrons. The number of hydrogen-bond donors (Lipinski definition) is 1. The van der Waals surface area contributed by atoms with E-state index in [-0.39, 0.29) is 6.17 Å². The molecule has 0 aromatic carbocycles. The van der Waals surface area contributed by atoms with E-state index in [9.17, 15) is 0 Å². The smallest absolute Gasteiger partial charge is 0.0968 e. The summed E-state index contributed by atoms with van der Waals surface area (Å²) in [5, 5.41) is 0. The highest BCUT2D eigenvalue weighted by Gasteiger charge is 1.94. The first-order valence-corrected chi connectivity index (χ1v) is 3.43. The van der Waals surface area contributed by atoms with Crippen molar-refractivity contribution in [1.29, 1.82) is 0 Å². The average Bonchev–Trinajstić information content (AvgIpc) is 1.63. The zero-order valence-electron chi connectivity index (χ0n) is 6.52. The SMILES string of the molecule is CCCC(N)N=C(C)C. The molecule has 1 atom stereocenters. The lowest BCUT2D eigenvalue weighted by Gasteiger charge is -2.03. The van der Waals surface area contributed by atoms with Crippen molar-refractivity contribution in [2.24, 2.45) is 10.7 Å². The third-order valence-electron chi connectivity index (χ3n) is 1.01. The van der Waals surface area contributed by atoms with Gasteiger partial charge in [0.2, 0.25) is 0 Å². The van der Waals surface area contributed by atoms with Gasteiger partial charge in [-0.3, -0.25) is 4.99 Å². The second kappa shape index (κ2) is 4.50. The fourth-order valence-electron chi connectivity index (χ4n) is 0.692. The van der Waals surface area contributed by atoms with Crippen LogP contribution in [0.3, 0.4) is 0 Å². The zero-order valence-corrected chi connectivity index (χ0v) is 6.52. The van der Waals surface area contributed by atoms with E-state index in [0.29, 0.717) is 0 Å². The quantitative estimate of drug-likeness (QED) is 0.575. The van der Waals surface area contributed by atoms with Gasteiger partial charge in [0.25, 0.3) is 0 Å². The van der Waals surface area contributed by atoms with Gasteiger partial charge in [-0.1, -0.05) is 13.3 Å². The summed E-state index contributed by atoms with van der Waals surface area (Å²) < 4.78 is 0. The number of hydrogen-bond acceptors (Lipinski definition) is 2. The van der Waals surface area contributed by atoms with Crippen LogP contribution < -0.4 is 5.73 Å². The average molecular weight is 128 g/mol. The molecule has 0 aliphatic heterocycles. The van der Waals surface area contributed by atoms with Gasteiger partial charge in [0.05, 0.1) is 6.17 Å². The standard InChI is InChI=1S/C7H16N2/c1-4-5-7(8)9-6(2)3/h7H,4-5,8H2,1-3H3. The topological polar surface area (TPSA) is 38.4 Å². The lowest BCUT2D eigenvalue weighted by atomic mass is 10.3. The highest BCUT2D eigenvalue weighted by Crippen LogP contribution is 1.94. The van der Waals surface area contributed by atoms with Gasteiger partial charge in [-0.2, -0.15) is 0 Å². The van der Waals surface area contributed by atoms with Crippen LogP contribution in [0.25, 0.3) is 0 Å². The van der Waals surface area contributed by atoms with Crippen LogP contribution in [0.5, 0.6) is 0 Å². The first kappa shape index (κ1) is 8.63. The monoisotopic (exact) mass is 128 g/mol. The summed E-state index contributed by atoms with van der Waals surface area (Å²) in [5.74, 6) is 0. The molecule has 0 aromatic rings. The molecule has 0 aromatic heterocycles. The summed E-state index contributed by atoms with van der Waals surface area (Å²) in [7, 11) is 0. The molecule has 0 spiro atoms. The Morgan fingerprint density at radius 3 is 2.44 bits per heavy atom. The van der Waals surface area contributed by atoms with Crippen LogP contribution in [-0.4, -0.2) is 11.9 Å². The fourth-order valence-corrected chi connectivity index (χ4v) is 0.692. The van der Waals surface area contributed by atoms with E-state index < -0.39 is 0 Å². The van der Waals surface area contributed by atoms with Crippen LogP contribution in [0.2, 0.25) is 0 Å². The lowest BCUT2D eigenvalue weighted by Crippen LogP contribution is -2.17. The first-order valence-electron chi connectivity index (χ1n) is 3.43. The van der Waals surface area contributed by atoms with Crippen LogP contribution in [0.15, 0.2) is 4.99 Å².